The van der Waals surface area contributed by atoms with E-state index < -0.39 is 20.3 Å². The van der Waals surface area contributed by atoms with Crippen LogP contribution in [0.15, 0.2) is 42.5 Å². The molecular formula is C23H25N2O6S. The average molecular weight is 458 g/mol. The molecule has 0 bridgehead atoms. The van der Waals surface area contributed by atoms with Gasteiger partial charge in [-0.25, -0.2) is 0 Å². The fraction of sp³-hybridized carbons (Fsp3) is 0.348. The fourth-order valence-electron chi connectivity index (χ4n) is 3.94. The molecule has 0 unspecified atom stereocenters. The smallest absolute Gasteiger partial charge is 0.285 e. The maximum absolute atomic E-state index is 12.7. The molecule has 169 valence electrons. The molecule has 1 heterocycles. The lowest BCUT2D eigenvalue weighted by atomic mass is 9.89. The van der Waals surface area contributed by atoms with Gasteiger partial charge in [-0.3, -0.25) is 19.5 Å². The fourth-order valence-corrected chi connectivity index (χ4v) is 4.74. The Labute approximate surface area is 187 Å². The van der Waals surface area contributed by atoms with Crippen molar-refractivity contribution in [1.82, 2.24) is 4.90 Å². The zero-order valence-corrected chi connectivity index (χ0v) is 18.7. The molecule has 0 aliphatic carbocycles. The molecule has 1 fully saturated rings. The standard InChI is InChI=1S/C23H25N2O6S/c1-16(2)19-7-3-4-8-20(19)23-17(6-5-9-21(23)25(27)28)10-11-22(26)24-14-12-18(13-15-24)32(29,30)31/h3-8,10-11,16,18H,12-15H2,1-2H3,(H,29,30,31)/b11-10+. The first-order valence-electron chi connectivity index (χ1n) is 10.3. The van der Waals surface area contributed by atoms with Crippen LogP contribution in [0.3, 0.4) is 0 Å². The predicted molar refractivity (Wildman–Crippen MR) is 122 cm³/mol. The van der Waals surface area contributed by atoms with Gasteiger partial charge in [0, 0.05) is 19.2 Å². The van der Waals surface area contributed by atoms with Crippen LogP contribution in [0, 0.1) is 16.2 Å². The Morgan fingerprint density at radius 1 is 1.25 bits per heavy atom. The molecule has 1 aliphatic rings. The number of nitrogens with zero attached hydrogens (tertiary/aromatic N) is 2. The Hall–Kier alpha value is -3.04. The number of carbonyl (C=O) groups excluding carboxylic acids is 1. The minimum Gasteiger partial charge on any atom is -0.339 e. The summed E-state index contributed by atoms with van der Waals surface area (Å²) in [5.41, 5.74) is 2.41. The Bertz CT molecular complexity index is 1150. The van der Waals surface area contributed by atoms with E-state index >= 15 is 0 Å². The summed E-state index contributed by atoms with van der Waals surface area (Å²) in [7, 11) is -4.11. The third kappa shape index (κ3) is 5.23. The van der Waals surface area contributed by atoms with E-state index in [2.05, 4.69) is 6.07 Å². The second-order valence-electron chi connectivity index (χ2n) is 8.03. The molecule has 0 saturated carbocycles. The number of nitro benzene ring substituents is 1. The van der Waals surface area contributed by atoms with E-state index in [4.69, 9.17) is 0 Å². The molecule has 1 N–H and O–H groups in total. The topological polar surface area (TPSA) is 118 Å². The number of benzene rings is 2. The average Bonchev–Trinajstić information content (AvgIpc) is 2.76. The van der Waals surface area contributed by atoms with Gasteiger partial charge in [-0.05, 0) is 47.6 Å². The molecule has 3 rings (SSSR count). The van der Waals surface area contributed by atoms with Gasteiger partial charge < -0.3 is 4.90 Å². The van der Waals surface area contributed by atoms with Gasteiger partial charge in [0.05, 0.1) is 21.8 Å². The molecule has 2 aromatic carbocycles. The zero-order valence-electron chi connectivity index (χ0n) is 17.9. The van der Waals surface area contributed by atoms with Crippen LogP contribution in [0.25, 0.3) is 17.2 Å². The number of nitro groups is 1. The Kier molecular flexibility index (Phi) is 7.10. The van der Waals surface area contributed by atoms with Crippen LogP contribution in [0.5, 0.6) is 0 Å². The minimum absolute atomic E-state index is 0.133. The molecular weight excluding hydrogens is 432 g/mol. The molecule has 1 saturated heterocycles. The van der Waals surface area contributed by atoms with E-state index in [1.54, 1.807) is 12.1 Å². The van der Waals surface area contributed by atoms with Gasteiger partial charge in [0.2, 0.25) is 5.91 Å². The predicted octanol–water partition coefficient (Wildman–Crippen LogP) is 4.08. The molecule has 0 atom stereocenters. The van der Waals surface area contributed by atoms with E-state index in [1.165, 1.54) is 17.0 Å². The van der Waals surface area contributed by atoms with Crippen molar-refractivity contribution in [2.24, 2.45) is 0 Å². The number of piperidine rings is 1. The van der Waals surface area contributed by atoms with Gasteiger partial charge in [-0.2, -0.15) is 8.42 Å². The maximum atomic E-state index is 12.7. The van der Waals surface area contributed by atoms with E-state index in [0.29, 0.717) is 16.7 Å². The second-order valence-corrected chi connectivity index (χ2v) is 9.73. The number of rotatable bonds is 6. The SMILES string of the molecule is CC(C)c1ccccc1-c1c([N+](=O)[O-])[c]ccc1/C=C/C(=O)N1CCC(S(=O)(=O)O)CC1. The van der Waals surface area contributed by atoms with Crippen LogP contribution < -0.4 is 0 Å². The van der Waals surface area contributed by atoms with Crippen molar-refractivity contribution in [3.8, 4) is 11.1 Å². The summed E-state index contributed by atoms with van der Waals surface area (Å²) in [5.74, 6) is -0.189. The number of hydrogen-bond acceptors (Lipinski definition) is 5. The van der Waals surface area contributed by atoms with Crippen LogP contribution in [0.2, 0.25) is 0 Å². The van der Waals surface area contributed by atoms with E-state index in [1.807, 2.05) is 38.1 Å². The molecule has 2 aromatic rings. The Morgan fingerprint density at radius 3 is 2.50 bits per heavy atom. The van der Waals surface area contributed by atoms with Gasteiger partial charge in [-0.1, -0.05) is 44.2 Å². The normalized spacial score (nSPS) is 15.4. The van der Waals surface area contributed by atoms with Crippen molar-refractivity contribution in [3.05, 3.63) is 69.8 Å². The lowest BCUT2D eigenvalue weighted by molar-refractivity contribution is -0.384. The summed E-state index contributed by atoms with van der Waals surface area (Å²) in [4.78, 5) is 25.4. The van der Waals surface area contributed by atoms with Crippen molar-refractivity contribution in [3.63, 3.8) is 0 Å². The van der Waals surface area contributed by atoms with Gasteiger partial charge in [-0.15, -0.1) is 0 Å². The number of amides is 1. The molecule has 0 aromatic heterocycles. The largest absolute Gasteiger partial charge is 0.339 e. The highest BCUT2D eigenvalue weighted by atomic mass is 32.2. The quantitative estimate of drug-likeness (QED) is 0.302. The first-order valence-corrected chi connectivity index (χ1v) is 11.8. The van der Waals surface area contributed by atoms with Crippen molar-refractivity contribution in [2.75, 3.05) is 13.1 Å². The Morgan fingerprint density at radius 2 is 1.91 bits per heavy atom. The van der Waals surface area contributed by atoms with E-state index in [-0.39, 0.29) is 43.4 Å². The monoisotopic (exact) mass is 457 g/mol. The zero-order chi connectivity index (χ0) is 23.5. The van der Waals surface area contributed by atoms with Crippen LogP contribution in [0.1, 0.15) is 43.7 Å². The molecule has 1 amide bonds. The maximum Gasteiger partial charge on any atom is 0.285 e. The highest BCUT2D eigenvalue weighted by Crippen LogP contribution is 2.38. The molecule has 1 aliphatic heterocycles. The van der Waals surface area contributed by atoms with Crippen molar-refractivity contribution >= 4 is 27.8 Å². The highest BCUT2D eigenvalue weighted by Gasteiger charge is 2.29. The lowest BCUT2D eigenvalue weighted by Crippen LogP contribution is -2.41. The van der Waals surface area contributed by atoms with Gasteiger partial charge in [0.15, 0.2) is 0 Å². The number of hydrogen-bond donors (Lipinski definition) is 1. The lowest BCUT2D eigenvalue weighted by Gasteiger charge is -2.29. The molecule has 0 spiro atoms. The van der Waals surface area contributed by atoms with E-state index in [0.717, 1.165) is 5.56 Å². The summed E-state index contributed by atoms with van der Waals surface area (Å²) >= 11 is 0. The highest BCUT2D eigenvalue weighted by molar-refractivity contribution is 7.86. The number of carbonyl (C=O) groups is 1. The summed E-state index contributed by atoms with van der Waals surface area (Å²) in [6.45, 7) is 4.43. The second kappa shape index (κ2) is 9.62. The van der Waals surface area contributed by atoms with Gasteiger partial charge >= 0.3 is 0 Å². The molecule has 32 heavy (non-hydrogen) atoms. The molecule has 8 nitrogen and oxygen atoms in total. The minimum atomic E-state index is -4.11. The summed E-state index contributed by atoms with van der Waals surface area (Å²) in [6.07, 6.45) is 3.22. The van der Waals surface area contributed by atoms with Crippen LogP contribution in [-0.4, -0.2) is 47.0 Å². The third-order valence-corrected chi connectivity index (χ3v) is 6.94. The summed E-state index contributed by atoms with van der Waals surface area (Å²) < 4.78 is 31.8. The Balaban J connectivity index is 1.93. The van der Waals surface area contributed by atoms with Crippen molar-refractivity contribution in [2.45, 2.75) is 37.9 Å². The van der Waals surface area contributed by atoms with Gasteiger partial charge in [0.25, 0.3) is 15.8 Å². The molecule has 1 radical (unpaired) electrons. The van der Waals surface area contributed by atoms with Crippen LogP contribution in [-0.2, 0) is 14.9 Å². The first kappa shape index (κ1) is 23.6. The first-order chi connectivity index (χ1) is 15.1. The van der Waals surface area contributed by atoms with Crippen molar-refractivity contribution in [1.29, 1.82) is 0 Å². The summed E-state index contributed by atoms with van der Waals surface area (Å²) in [5, 5.41) is 10.9. The van der Waals surface area contributed by atoms with E-state index in [9.17, 15) is 27.9 Å². The van der Waals surface area contributed by atoms with Crippen LogP contribution in [0.4, 0.5) is 5.69 Å². The number of likely N-dealkylation sites (tertiary alicyclic amines) is 1. The van der Waals surface area contributed by atoms with Crippen molar-refractivity contribution < 1.29 is 22.7 Å². The molecule has 9 heteroatoms. The third-order valence-electron chi connectivity index (χ3n) is 5.62. The van der Waals surface area contributed by atoms with Gasteiger partial charge in [0.1, 0.15) is 0 Å². The summed E-state index contributed by atoms with van der Waals surface area (Å²) in [6, 6.07) is 13.3. The van der Waals surface area contributed by atoms with Crippen LogP contribution >= 0.6 is 0 Å².